The van der Waals surface area contributed by atoms with E-state index in [0.29, 0.717) is 11.5 Å². The van der Waals surface area contributed by atoms with E-state index in [2.05, 4.69) is 44.7 Å². The van der Waals surface area contributed by atoms with Crippen molar-refractivity contribution in [3.63, 3.8) is 0 Å². The minimum atomic E-state index is 0. The number of fused-ring (bicyclic) bond motifs is 4. The molecule has 10 rings (SSSR count). The number of aromatic nitrogens is 8. The maximum Gasteiger partial charge on any atom is 2.00 e. The molecule has 8 aromatic heterocycles. The second-order valence-corrected chi connectivity index (χ2v) is 11.5. The fourth-order valence-electron chi connectivity index (χ4n) is 5.84. The molecule has 252 valence electrons. The molecule has 0 aliphatic rings. The van der Waals surface area contributed by atoms with Crippen LogP contribution in [0.2, 0.25) is 0 Å². The van der Waals surface area contributed by atoms with Crippen LogP contribution in [0.1, 0.15) is 0 Å². The first kappa shape index (κ1) is 33.3. The first-order chi connectivity index (χ1) is 23.4. The van der Waals surface area contributed by atoms with Gasteiger partial charge in [-0.1, -0.05) is 56.2 Å². The Morgan fingerprint density at radius 1 is 0.560 bits per heavy atom. The summed E-state index contributed by atoms with van der Waals surface area (Å²) in [5.41, 5.74) is 4.86. The van der Waals surface area contributed by atoms with E-state index in [0.717, 1.165) is 77.6 Å². The second-order valence-electron chi connectivity index (χ2n) is 11.5. The SMILES string of the molecule is Cn1[c-]nc(-c2coc3cc4coc(-c5nccn5C)c4[c-]c23)c1.Cn1[c-]nc(-c2coc3cc4coc(-c5nccn5C)c4[c-]c23)c1.[Pt+2].[Pt+2]. The summed E-state index contributed by atoms with van der Waals surface area (Å²) < 4.78 is 30.3. The average Bonchev–Trinajstić information content (AvgIpc) is 3.91. The minimum Gasteiger partial charge on any atom is -0.508 e. The molecule has 12 nitrogen and oxygen atoms in total. The van der Waals surface area contributed by atoms with Crippen LogP contribution in [0.4, 0.5) is 0 Å². The zero-order valence-electron chi connectivity index (χ0n) is 26.8. The van der Waals surface area contributed by atoms with Gasteiger partial charge in [-0.25, -0.2) is 9.97 Å². The van der Waals surface area contributed by atoms with E-state index in [1.165, 1.54) is 0 Å². The summed E-state index contributed by atoms with van der Waals surface area (Å²) in [7, 11) is 7.64. The molecule has 14 heteroatoms. The Morgan fingerprint density at radius 3 is 1.36 bits per heavy atom. The Labute approximate surface area is 312 Å². The van der Waals surface area contributed by atoms with Gasteiger partial charge in [-0.05, 0) is 24.9 Å². The molecule has 50 heavy (non-hydrogen) atoms. The number of hydrogen-bond donors (Lipinski definition) is 0. The van der Waals surface area contributed by atoms with Crippen LogP contribution in [0.5, 0.6) is 0 Å². The van der Waals surface area contributed by atoms with Crippen LogP contribution in [0.15, 0.2) is 92.0 Å². The van der Waals surface area contributed by atoms with Gasteiger partial charge in [-0.2, -0.15) is 0 Å². The largest absolute Gasteiger partial charge is 2.00 e. The van der Waals surface area contributed by atoms with Crippen LogP contribution in [0.3, 0.4) is 0 Å². The Hall–Kier alpha value is -5.18. The molecule has 2 aromatic carbocycles. The Balaban J connectivity index is 0.000000151. The van der Waals surface area contributed by atoms with E-state index in [4.69, 9.17) is 17.7 Å². The molecule has 8 heterocycles. The average molecular weight is 1020 g/mol. The van der Waals surface area contributed by atoms with E-state index in [9.17, 15) is 0 Å². The fraction of sp³-hybridized carbons (Fsp3) is 0.111. The van der Waals surface area contributed by atoms with Crippen LogP contribution in [0, 0.1) is 24.8 Å². The van der Waals surface area contributed by atoms with Gasteiger partial charge in [0.1, 0.15) is 23.2 Å². The monoisotopic (exact) mass is 1020 g/mol. The van der Waals surface area contributed by atoms with Crippen molar-refractivity contribution in [1.82, 2.24) is 38.2 Å². The second kappa shape index (κ2) is 12.9. The zero-order chi connectivity index (χ0) is 32.5. The predicted octanol–water partition coefficient (Wildman–Crippen LogP) is 7.16. The summed E-state index contributed by atoms with van der Waals surface area (Å²) in [6.45, 7) is 0. The van der Waals surface area contributed by atoms with Crippen LogP contribution in [-0.2, 0) is 70.3 Å². The molecule has 0 unspecified atom stereocenters. The summed E-state index contributed by atoms with van der Waals surface area (Å²) in [5.74, 6) is 2.91. The van der Waals surface area contributed by atoms with Gasteiger partial charge in [0.25, 0.3) is 0 Å². The van der Waals surface area contributed by atoms with Gasteiger partial charge in [0, 0.05) is 64.1 Å². The fourth-order valence-corrected chi connectivity index (χ4v) is 5.84. The summed E-state index contributed by atoms with van der Waals surface area (Å²) in [5, 5.41) is 5.33. The topological polar surface area (TPSA) is 124 Å². The predicted molar refractivity (Wildman–Crippen MR) is 176 cm³/mol. The third kappa shape index (κ3) is 5.49. The number of furan rings is 4. The third-order valence-corrected chi connectivity index (χ3v) is 8.24. The third-order valence-electron chi connectivity index (χ3n) is 8.24. The van der Waals surface area contributed by atoms with E-state index in [-0.39, 0.29) is 42.1 Å². The smallest absolute Gasteiger partial charge is 0.508 e. The number of nitrogens with zero attached hydrogens (tertiary/aromatic N) is 8. The van der Waals surface area contributed by atoms with Crippen LogP contribution < -0.4 is 0 Å². The molecule has 0 bridgehead atoms. The van der Waals surface area contributed by atoms with Gasteiger partial charge in [0.2, 0.25) is 0 Å². The Kier molecular flexibility index (Phi) is 8.62. The number of hydrogen-bond acceptors (Lipinski definition) is 8. The minimum absolute atomic E-state index is 0. The molecule has 0 amide bonds. The van der Waals surface area contributed by atoms with Gasteiger partial charge in [-0.3, -0.25) is 0 Å². The first-order valence-electron chi connectivity index (χ1n) is 14.9. The molecule has 0 aliphatic carbocycles. The maximum atomic E-state index is 5.75. The zero-order valence-corrected chi connectivity index (χ0v) is 31.3. The molecule has 0 atom stereocenters. The number of benzene rings is 2. The van der Waals surface area contributed by atoms with Gasteiger partial charge in [0.15, 0.2) is 0 Å². The standard InChI is InChI=1S/2C18H12N4O2.2Pt/c2*1-21-7-15(20-10-21)14-9-23-16-5-11-8-24-17(12(11)6-13(14)16)18-19-3-4-22(18)2;;/h2*3-5,7-9H,1-2H3;;/q2*-2;2*+2. The van der Waals surface area contributed by atoms with E-state index < -0.39 is 0 Å². The molecule has 0 N–H and O–H groups in total. The quantitative estimate of drug-likeness (QED) is 0.171. The molecule has 0 saturated carbocycles. The molecule has 0 spiro atoms. The van der Waals surface area contributed by atoms with Crippen LogP contribution >= 0.6 is 0 Å². The van der Waals surface area contributed by atoms with Crippen molar-refractivity contribution in [1.29, 1.82) is 0 Å². The van der Waals surface area contributed by atoms with Crippen molar-refractivity contribution < 1.29 is 59.8 Å². The summed E-state index contributed by atoms with van der Waals surface area (Å²) in [6, 6.07) is 10.8. The van der Waals surface area contributed by atoms with E-state index in [1.807, 2.05) is 74.2 Å². The number of imidazole rings is 4. The van der Waals surface area contributed by atoms with E-state index in [1.54, 1.807) is 46.6 Å². The molecule has 0 saturated heterocycles. The van der Waals surface area contributed by atoms with E-state index >= 15 is 0 Å². The van der Waals surface area contributed by atoms with Gasteiger partial charge in [-0.15, -0.1) is 24.5 Å². The maximum absolute atomic E-state index is 5.75. The van der Waals surface area contributed by atoms with Gasteiger partial charge < -0.3 is 45.9 Å². The molecular formula is C36H24N8O4Pt2. The summed E-state index contributed by atoms with van der Waals surface area (Å²) in [6.07, 6.45) is 23.6. The van der Waals surface area contributed by atoms with Crippen molar-refractivity contribution >= 4 is 43.5 Å². The van der Waals surface area contributed by atoms with Gasteiger partial charge in [0.05, 0.1) is 23.7 Å². The summed E-state index contributed by atoms with van der Waals surface area (Å²) >= 11 is 0. The first-order valence-corrected chi connectivity index (χ1v) is 14.9. The van der Waals surface area contributed by atoms with Crippen molar-refractivity contribution in [3.8, 4) is 45.7 Å². The van der Waals surface area contributed by atoms with Crippen molar-refractivity contribution in [3.05, 3.63) is 99.2 Å². The molecule has 10 aromatic rings. The summed E-state index contributed by atoms with van der Waals surface area (Å²) in [4.78, 5) is 17.3. The molecular weight excluding hydrogens is 999 g/mol. The normalized spacial score (nSPS) is 11.3. The van der Waals surface area contributed by atoms with Crippen molar-refractivity contribution in [2.24, 2.45) is 28.2 Å². The Morgan fingerprint density at radius 2 is 1.00 bits per heavy atom. The van der Waals surface area contributed by atoms with Crippen molar-refractivity contribution in [2.45, 2.75) is 0 Å². The molecule has 0 radical (unpaired) electrons. The Bertz CT molecular complexity index is 2580. The van der Waals surface area contributed by atoms with Gasteiger partial charge >= 0.3 is 42.1 Å². The van der Waals surface area contributed by atoms with Crippen molar-refractivity contribution in [2.75, 3.05) is 0 Å². The molecule has 0 aliphatic heterocycles. The molecule has 0 fully saturated rings. The van der Waals surface area contributed by atoms with Crippen LogP contribution in [0.25, 0.3) is 89.2 Å². The van der Waals surface area contributed by atoms with Crippen LogP contribution in [-0.4, -0.2) is 38.2 Å². The number of aryl methyl sites for hydroxylation is 4. The number of rotatable bonds is 4.